The molecule has 0 fully saturated rings. The molecule has 2 aromatic carbocycles. The highest BCUT2D eigenvalue weighted by molar-refractivity contribution is 9.10. The van der Waals surface area contributed by atoms with Gasteiger partial charge in [0.15, 0.2) is 0 Å². The van der Waals surface area contributed by atoms with Gasteiger partial charge >= 0.3 is 6.18 Å². The molecule has 0 atom stereocenters. The zero-order valence-corrected chi connectivity index (χ0v) is 12.2. The number of carbonyl (C=O) groups excluding carboxylic acids is 1. The number of aldehydes is 1. The summed E-state index contributed by atoms with van der Waals surface area (Å²) in [7, 11) is 0. The maximum absolute atomic E-state index is 13.0. The summed E-state index contributed by atoms with van der Waals surface area (Å²) in [5.41, 5.74) is -0.267. The van der Waals surface area contributed by atoms with E-state index in [4.69, 9.17) is 4.74 Å². The second-order valence-electron chi connectivity index (χ2n) is 4.29. The lowest BCUT2D eigenvalue weighted by Crippen LogP contribution is -2.09. The largest absolute Gasteiger partial charge is 0.488 e. The Hall–Kier alpha value is -1.82. The zero-order chi connectivity index (χ0) is 15.5. The topological polar surface area (TPSA) is 26.3 Å². The quantitative estimate of drug-likeness (QED) is 0.729. The summed E-state index contributed by atoms with van der Waals surface area (Å²) in [5, 5.41) is 0. The van der Waals surface area contributed by atoms with Gasteiger partial charge in [-0.05, 0) is 35.9 Å². The number of alkyl halides is 3. The third kappa shape index (κ3) is 4.07. The average molecular weight is 359 g/mol. The molecule has 0 saturated carbocycles. The fourth-order valence-electron chi connectivity index (χ4n) is 1.76. The van der Waals surface area contributed by atoms with E-state index in [-0.39, 0.29) is 17.9 Å². The van der Waals surface area contributed by atoms with Crippen LogP contribution >= 0.6 is 15.9 Å². The summed E-state index contributed by atoms with van der Waals surface area (Å²) in [6, 6.07) is 10.3. The van der Waals surface area contributed by atoms with Crippen LogP contribution in [0.1, 0.15) is 21.5 Å². The fraction of sp³-hybridized carbons (Fsp3) is 0.133. The molecule has 0 aromatic heterocycles. The van der Waals surface area contributed by atoms with Crippen molar-refractivity contribution in [1.29, 1.82) is 0 Å². The molecular formula is C15H10BrF3O2. The SMILES string of the molecule is O=Cc1ccc(OCc2cccc(Br)c2)c(C(F)(F)F)c1. The second-order valence-corrected chi connectivity index (χ2v) is 5.21. The zero-order valence-electron chi connectivity index (χ0n) is 10.7. The van der Waals surface area contributed by atoms with Gasteiger partial charge < -0.3 is 4.74 Å². The molecule has 2 nitrogen and oxygen atoms in total. The Morgan fingerprint density at radius 2 is 1.90 bits per heavy atom. The van der Waals surface area contributed by atoms with Crippen LogP contribution in [0.2, 0.25) is 0 Å². The van der Waals surface area contributed by atoms with E-state index in [0.717, 1.165) is 22.2 Å². The molecule has 0 aliphatic carbocycles. The molecule has 0 aliphatic heterocycles. The number of carbonyl (C=O) groups is 1. The van der Waals surface area contributed by atoms with Crippen molar-refractivity contribution in [3.63, 3.8) is 0 Å². The van der Waals surface area contributed by atoms with Gasteiger partial charge in [-0.25, -0.2) is 0 Å². The van der Waals surface area contributed by atoms with Crippen LogP contribution in [0.3, 0.4) is 0 Å². The molecule has 0 heterocycles. The van der Waals surface area contributed by atoms with Gasteiger partial charge in [-0.1, -0.05) is 28.1 Å². The molecule has 0 radical (unpaired) electrons. The first kappa shape index (κ1) is 15.6. The number of hydrogen-bond donors (Lipinski definition) is 0. The van der Waals surface area contributed by atoms with Gasteiger partial charge in [0.2, 0.25) is 0 Å². The smallest absolute Gasteiger partial charge is 0.419 e. The summed E-state index contributed by atoms with van der Waals surface area (Å²) < 4.78 is 44.9. The van der Waals surface area contributed by atoms with Crippen LogP contribution < -0.4 is 4.74 Å². The van der Waals surface area contributed by atoms with Gasteiger partial charge in [0, 0.05) is 10.0 Å². The minimum atomic E-state index is -4.58. The Bertz CT molecular complexity index is 654. The lowest BCUT2D eigenvalue weighted by Gasteiger charge is -2.14. The van der Waals surface area contributed by atoms with Gasteiger partial charge in [-0.2, -0.15) is 13.2 Å². The van der Waals surface area contributed by atoms with Gasteiger partial charge in [-0.3, -0.25) is 4.79 Å². The Morgan fingerprint density at radius 3 is 2.52 bits per heavy atom. The van der Waals surface area contributed by atoms with E-state index >= 15 is 0 Å². The van der Waals surface area contributed by atoms with Crippen LogP contribution in [0.4, 0.5) is 13.2 Å². The molecule has 6 heteroatoms. The van der Waals surface area contributed by atoms with Crippen LogP contribution in [-0.4, -0.2) is 6.29 Å². The number of ether oxygens (including phenoxy) is 1. The molecule has 2 aromatic rings. The predicted molar refractivity (Wildman–Crippen MR) is 75.3 cm³/mol. The van der Waals surface area contributed by atoms with Crippen molar-refractivity contribution in [3.8, 4) is 5.75 Å². The minimum absolute atomic E-state index is 0.00293. The number of rotatable bonds is 4. The van der Waals surface area contributed by atoms with Gasteiger partial charge in [0.25, 0.3) is 0 Å². The van der Waals surface area contributed by atoms with E-state index in [9.17, 15) is 18.0 Å². The molecular weight excluding hydrogens is 349 g/mol. The van der Waals surface area contributed by atoms with Crippen LogP contribution in [0.15, 0.2) is 46.9 Å². The standard InChI is InChI=1S/C15H10BrF3O2/c16-12-3-1-2-11(6-12)9-21-14-5-4-10(8-20)7-13(14)15(17,18)19/h1-8H,9H2. The maximum Gasteiger partial charge on any atom is 0.419 e. The Labute approximate surface area is 127 Å². The van der Waals surface area contributed by atoms with Crippen molar-refractivity contribution in [2.45, 2.75) is 12.8 Å². The van der Waals surface area contributed by atoms with Crippen molar-refractivity contribution in [3.05, 3.63) is 63.6 Å². The van der Waals surface area contributed by atoms with Gasteiger partial charge in [0.05, 0.1) is 5.56 Å². The summed E-state index contributed by atoms with van der Waals surface area (Å²) in [4.78, 5) is 10.6. The molecule has 0 N–H and O–H groups in total. The Kier molecular flexibility index (Phi) is 4.67. The van der Waals surface area contributed by atoms with Crippen molar-refractivity contribution >= 4 is 22.2 Å². The second kappa shape index (κ2) is 6.30. The third-order valence-corrected chi connectivity index (χ3v) is 3.22. The normalized spacial score (nSPS) is 11.2. The van der Waals surface area contributed by atoms with Crippen molar-refractivity contribution in [2.75, 3.05) is 0 Å². The van der Waals surface area contributed by atoms with Crippen LogP contribution in [-0.2, 0) is 12.8 Å². The summed E-state index contributed by atoms with van der Waals surface area (Å²) in [6.07, 6.45) is -4.21. The van der Waals surface area contributed by atoms with Crippen LogP contribution in [0, 0.1) is 0 Å². The van der Waals surface area contributed by atoms with E-state index < -0.39 is 11.7 Å². The molecule has 0 unspecified atom stereocenters. The van der Waals surface area contributed by atoms with Gasteiger partial charge in [-0.15, -0.1) is 0 Å². The van der Waals surface area contributed by atoms with Crippen LogP contribution in [0.25, 0.3) is 0 Å². The highest BCUT2D eigenvalue weighted by Gasteiger charge is 2.34. The summed E-state index contributed by atoms with van der Waals surface area (Å²) in [6.45, 7) is 0.00293. The number of benzene rings is 2. The molecule has 110 valence electrons. The number of hydrogen-bond acceptors (Lipinski definition) is 2. The minimum Gasteiger partial charge on any atom is -0.488 e. The molecule has 21 heavy (non-hydrogen) atoms. The highest BCUT2D eigenvalue weighted by Crippen LogP contribution is 2.37. The molecule has 0 bridgehead atoms. The highest BCUT2D eigenvalue weighted by atomic mass is 79.9. The summed E-state index contributed by atoms with van der Waals surface area (Å²) >= 11 is 3.28. The first-order valence-corrected chi connectivity index (χ1v) is 6.73. The molecule has 0 aliphatic rings. The first-order chi connectivity index (χ1) is 9.90. The molecule has 2 rings (SSSR count). The third-order valence-electron chi connectivity index (χ3n) is 2.73. The van der Waals surface area contributed by atoms with Crippen molar-refractivity contribution in [1.82, 2.24) is 0 Å². The van der Waals surface area contributed by atoms with E-state index in [1.165, 1.54) is 6.07 Å². The number of halogens is 4. The van der Waals surface area contributed by atoms with Gasteiger partial charge in [0.1, 0.15) is 18.6 Å². The fourth-order valence-corrected chi connectivity index (χ4v) is 2.20. The molecule has 0 amide bonds. The Balaban J connectivity index is 2.25. The molecule has 0 saturated heterocycles. The van der Waals surface area contributed by atoms with E-state index in [1.807, 2.05) is 6.07 Å². The van der Waals surface area contributed by atoms with E-state index in [0.29, 0.717) is 6.29 Å². The summed E-state index contributed by atoms with van der Waals surface area (Å²) in [5.74, 6) is -0.298. The molecule has 0 spiro atoms. The average Bonchev–Trinajstić information content (AvgIpc) is 2.44. The lowest BCUT2D eigenvalue weighted by atomic mass is 10.1. The predicted octanol–water partition coefficient (Wildman–Crippen LogP) is 4.86. The lowest BCUT2D eigenvalue weighted by molar-refractivity contribution is -0.139. The van der Waals surface area contributed by atoms with Crippen LogP contribution in [0.5, 0.6) is 5.75 Å². The Morgan fingerprint density at radius 1 is 1.14 bits per heavy atom. The maximum atomic E-state index is 13.0. The monoisotopic (exact) mass is 358 g/mol. The first-order valence-electron chi connectivity index (χ1n) is 5.94. The van der Waals surface area contributed by atoms with E-state index in [1.54, 1.807) is 18.2 Å². The van der Waals surface area contributed by atoms with Crippen molar-refractivity contribution in [2.24, 2.45) is 0 Å². The van der Waals surface area contributed by atoms with Crippen molar-refractivity contribution < 1.29 is 22.7 Å². The van der Waals surface area contributed by atoms with E-state index in [2.05, 4.69) is 15.9 Å².